The minimum atomic E-state index is -0.178. The SMILES string of the molecule is Cc1cc(Oc2ccc(Cl)cc2)cc(C)c1N=C=NC(C)(C)C. The van der Waals surface area contributed by atoms with Crippen LogP contribution in [0.4, 0.5) is 5.69 Å². The number of nitrogens with zero attached hydrogens (tertiary/aromatic N) is 2. The first-order valence-corrected chi connectivity index (χ1v) is 7.85. The lowest BCUT2D eigenvalue weighted by Gasteiger charge is -2.10. The first-order valence-electron chi connectivity index (χ1n) is 7.47. The molecule has 0 aromatic heterocycles. The average molecular weight is 329 g/mol. The van der Waals surface area contributed by atoms with Crippen molar-refractivity contribution in [2.75, 3.05) is 0 Å². The first kappa shape index (κ1) is 17.3. The van der Waals surface area contributed by atoms with Crippen molar-refractivity contribution in [3.05, 3.63) is 52.5 Å². The van der Waals surface area contributed by atoms with Crippen molar-refractivity contribution in [1.82, 2.24) is 0 Å². The van der Waals surface area contributed by atoms with Crippen molar-refractivity contribution < 1.29 is 4.74 Å². The van der Waals surface area contributed by atoms with Gasteiger partial charge in [-0.05, 0) is 82.1 Å². The van der Waals surface area contributed by atoms with Crippen LogP contribution in [0.5, 0.6) is 11.5 Å². The summed E-state index contributed by atoms with van der Waals surface area (Å²) >= 11 is 5.88. The Bertz CT molecular complexity index is 729. The van der Waals surface area contributed by atoms with Gasteiger partial charge in [-0.1, -0.05) is 11.6 Å². The van der Waals surface area contributed by atoms with Gasteiger partial charge < -0.3 is 4.74 Å². The lowest BCUT2D eigenvalue weighted by molar-refractivity contribution is 0.482. The van der Waals surface area contributed by atoms with Crippen LogP contribution in [0, 0.1) is 13.8 Å². The maximum atomic E-state index is 5.88. The Hall–Kier alpha value is -2.09. The van der Waals surface area contributed by atoms with Crippen LogP contribution in [-0.4, -0.2) is 11.5 Å². The number of hydrogen-bond donors (Lipinski definition) is 0. The molecule has 0 saturated heterocycles. The molecule has 0 N–H and O–H groups in total. The van der Waals surface area contributed by atoms with Crippen molar-refractivity contribution >= 4 is 23.3 Å². The molecule has 0 aliphatic rings. The van der Waals surface area contributed by atoms with Crippen molar-refractivity contribution in [3.8, 4) is 11.5 Å². The fraction of sp³-hybridized carbons (Fsp3) is 0.316. The van der Waals surface area contributed by atoms with E-state index in [1.54, 1.807) is 12.1 Å². The first-order chi connectivity index (χ1) is 10.7. The molecule has 0 aliphatic heterocycles. The van der Waals surface area contributed by atoms with E-state index in [9.17, 15) is 0 Å². The summed E-state index contributed by atoms with van der Waals surface area (Å²) in [6.07, 6.45) is 0. The molecule has 0 saturated carbocycles. The van der Waals surface area contributed by atoms with E-state index < -0.39 is 0 Å². The van der Waals surface area contributed by atoms with Crippen LogP contribution in [0.1, 0.15) is 31.9 Å². The van der Waals surface area contributed by atoms with Crippen LogP contribution in [0.15, 0.2) is 46.4 Å². The molecule has 2 aromatic rings. The van der Waals surface area contributed by atoms with Crippen molar-refractivity contribution in [2.24, 2.45) is 9.98 Å². The zero-order valence-electron chi connectivity index (χ0n) is 14.1. The standard InChI is InChI=1S/C19H21ClN2O/c1-13-10-17(23-16-8-6-15(20)7-9-16)11-14(2)18(13)21-12-22-19(3,4)5/h6-11H,1-5H3. The van der Waals surface area contributed by atoms with Gasteiger partial charge in [0.05, 0.1) is 17.2 Å². The zero-order chi connectivity index (χ0) is 17.0. The molecule has 3 nitrogen and oxygen atoms in total. The molecular weight excluding hydrogens is 308 g/mol. The van der Waals surface area contributed by atoms with Gasteiger partial charge in [-0.15, -0.1) is 0 Å². The summed E-state index contributed by atoms with van der Waals surface area (Å²) < 4.78 is 5.86. The van der Waals surface area contributed by atoms with Gasteiger partial charge in [-0.25, -0.2) is 4.99 Å². The van der Waals surface area contributed by atoms with E-state index in [-0.39, 0.29) is 5.54 Å². The summed E-state index contributed by atoms with van der Waals surface area (Å²) in [7, 11) is 0. The summed E-state index contributed by atoms with van der Waals surface area (Å²) in [5.74, 6) is 1.52. The molecule has 0 bridgehead atoms. The molecule has 0 atom stereocenters. The number of benzene rings is 2. The monoisotopic (exact) mass is 328 g/mol. The van der Waals surface area contributed by atoms with E-state index in [0.29, 0.717) is 5.02 Å². The largest absolute Gasteiger partial charge is 0.457 e. The molecule has 0 aliphatic carbocycles. The predicted octanol–water partition coefficient (Wildman–Crippen LogP) is 6.35. The molecule has 2 rings (SSSR count). The van der Waals surface area contributed by atoms with E-state index in [1.165, 1.54) is 0 Å². The highest BCUT2D eigenvalue weighted by molar-refractivity contribution is 6.30. The van der Waals surface area contributed by atoms with Crippen molar-refractivity contribution in [3.63, 3.8) is 0 Å². The highest BCUT2D eigenvalue weighted by Crippen LogP contribution is 2.31. The van der Waals surface area contributed by atoms with E-state index in [4.69, 9.17) is 16.3 Å². The minimum Gasteiger partial charge on any atom is -0.457 e. The Morgan fingerprint density at radius 3 is 2.04 bits per heavy atom. The van der Waals surface area contributed by atoms with E-state index in [0.717, 1.165) is 28.3 Å². The van der Waals surface area contributed by atoms with Gasteiger partial charge in [0.15, 0.2) is 0 Å². The molecule has 0 heterocycles. The average Bonchev–Trinajstić information content (AvgIpc) is 2.43. The number of aliphatic imine (C=N–C) groups is 2. The maximum absolute atomic E-state index is 5.88. The molecule has 4 heteroatoms. The van der Waals surface area contributed by atoms with Crippen LogP contribution in [0.2, 0.25) is 5.02 Å². The van der Waals surface area contributed by atoms with Crippen LogP contribution in [-0.2, 0) is 0 Å². The molecule has 23 heavy (non-hydrogen) atoms. The fourth-order valence-corrected chi connectivity index (χ4v) is 2.14. The Balaban J connectivity index is 2.26. The van der Waals surface area contributed by atoms with Crippen LogP contribution < -0.4 is 4.74 Å². The van der Waals surface area contributed by atoms with Crippen LogP contribution in [0.25, 0.3) is 0 Å². The summed E-state index contributed by atoms with van der Waals surface area (Å²) in [4.78, 5) is 8.63. The maximum Gasteiger partial charge on any atom is 0.128 e. The van der Waals surface area contributed by atoms with E-state index in [1.807, 2.05) is 58.9 Å². The summed E-state index contributed by atoms with van der Waals surface area (Å²) in [5, 5.41) is 0.688. The molecule has 2 aromatic carbocycles. The molecule has 120 valence electrons. The normalized spacial score (nSPS) is 10.9. The third-order valence-electron chi connectivity index (χ3n) is 3.06. The topological polar surface area (TPSA) is 34.0 Å². The summed E-state index contributed by atoms with van der Waals surface area (Å²) in [5.41, 5.74) is 2.74. The number of halogens is 1. The number of hydrogen-bond acceptors (Lipinski definition) is 3. The summed E-state index contributed by atoms with van der Waals surface area (Å²) in [6.45, 7) is 10.0. The van der Waals surface area contributed by atoms with Gasteiger partial charge >= 0.3 is 0 Å². The second-order valence-corrected chi connectivity index (χ2v) is 6.89. The number of aryl methyl sites for hydroxylation is 2. The van der Waals surface area contributed by atoms with Gasteiger partial charge in [0.2, 0.25) is 0 Å². The Kier molecular flexibility index (Phi) is 5.25. The molecule has 0 amide bonds. The number of ether oxygens (including phenoxy) is 1. The number of rotatable bonds is 3. The Morgan fingerprint density at radius 1 is 0.957 bits per heavy atom. The molecular formula is C19H21ClN2O. The van der Waals surface area contributed by atoms with Crippen LogP contribution >= 0.6 is 11.6 Å². The Labute approximate surface area is 142 Å². The molecule has 0 unspecified atom stereocenters. The van der Waals surface area contributed by atoms with Crippen LogP contribution in [0.3, 0.4) is 0 Å². The quantitative estimate of drug-likeness (QED) is 0.604. The second-order valence-electron chi connectivity index (χ2n) is 6.46. The van der Waals surface area contributed by atoms with Gasteiger partial charge in [-0.3, -0.25) is 0 Å². The predicted molar refractivity (Wildman–Crippen MR) is 96.7 cm³/mol. The van der Waals surface area contributed by atoms with Crippen molar-refractivity contribution in [1.29, 1.82) is 0 Å². The lowest BCUT2D eigenvalue weighted by Crippen LogP contribution is -2.07. The molecule has 0 fully saturated rings. The molecule has 0 spiro atoms. The van der Waals surface area contributed by atoms with Gasteiger partial charge in [0.25, 0.3) is 0 Å². The minimum absolute atomic E-state index is 0.178. The van der Waals surface area contributed by atoms with Crippen molar-refractivity contribution in [2.45, 2.75) is 40.2 Å². The lowest BCUT2D eigenvalue weighted by atomic mass is 10.1. The summed E-state index contributed by atoms with van der Waals surface area (Å²) in [6, 6.07) is 14.0. The Morgan fingerprint density at radius 2 is 1.52 bits per heavy atom. The third-order valence-corrected chi connectivity index (χ3v) is 3.31. The van der Waals surface area contributed by atoms with Gasteiger partial charge in [-0.2, -0.15) is 4.99 Å². The molecule has 0 radical (unpaired) electrons. The zero-order valence-corrected chi connectivity index (χ0v) is 14.9. The smallest absolute Gasteiger partial charge is 0.128 e. The fourth-order valence-electron chi connectivity index (χ4n) is 2.02. The highest BCUT2D eigenvalue weighted by Gasteiger charge is 2.07. The third kappa shape index (κ3) is 5.24. The van der Waals surface area contributed by atoms with E-state index in [2.05, 4.69) is 16.0 Å². The highest BCUT2D eigenvalue weighted by atomic mass is 35.5. The van der Waals surface area contributed by atoms with Gasteiger partial charge in [0.1, 0.15) is 11.5 Å². The second kappa shape index (κ2) is 6.99. The van der Waals surface area contributed by atoms with E-state index >= 15 is 0 Å². The van der Waals surface area contributed by atoms with Gasteiger partial charge in [0, 0.05) is 5.02 Å².